The van der Waals surface area contributed by atoms with Crippen LogP contribution in [0.3, 0.4) is 0 Å². The van der Waals surface area contributed by atoms with Gasteiger partial charge in [0.05, 0.1) is 11.3 Å². The number of Topliss-reactive ketones (excluding diaryl/α,β-unsaturated/α-hetero) is 2. The number of aliphatic hydroxyl groups is 1. The van der Waals surface area contributed by atoms with Gasteiger partial charge in [-0.2, -0.15) is 0 Å². The van der Waals surface area contributed by atoms with E-state index in [0.29, 0.717) is 11.3 Å². The van der Waals surface area contributed by atoms with Crippen LogP contribution in [0.25, 0.3) is 0 Å². The molecular weight excluding hydrogens is 326 g/mol. The number of carbonyl (C=O) groups is 2. The molecule has 1 fully saturated rings. The molecule has 138 valence electrons. The van der Waals surface area contributed by atoms with E-state index in [1.165, 1.54) is 0 Å². The van der Waals surface area contributed by atoms with Gasteiger partial charge < -0.3 is 10.0 Å². The standard InChI is InChI=1S/C22H27NO3/c1-2-3-4-9-14-22(26)20(23-15-10-6-11-16-23)18(21(22)25)19(24)17-12-7-5-8-13-17/h5,7-9,12-14,26H,2-4,6,10-11,15-16H2,1H3/b14-9+. The van der Waals surface area contributed by atoms with Gasteiger partial charge in [0.15, 0.2) is 11.4 Å². The number of rotatable bonds is 7. The summed E-state index contributed by atoms with van der Waals surface area (Å²) in [7, 11) is 0. The lowest BCUT2D eigenvalue weighted by atomic mass is 9.72. The number of hydrogen-bond acceptors (Lipinski definition) is 4. The monoisotopic (exact) mass is 353 g/mol. The third kappa shape index (κ3) is 3.38. The number of piperidine rings is 1. The van der Waals surface area contributed by atoms with E-state index in [0.717, 1.165) is 51.6 Å². The average Bonchev–Trinajstić information content (AvgIpc) is 2.69. The van der Waals surface area contributed by atoms with Crippen LogP contribution in [-0.4, -0.2) is 40.3 Å². The van der Waals surface area contributed by atoms with Gasteiger partial charge in [0.25, 0.3) is 0 Å². The number of benzene rings is 1. The summed E-state index contributed by atoms with van der Waals surface area (Å²) in [5.74, 6) is -0.762. The third-order valence-corrected chi connectivity index (χ3v) is 5.19. The van der Waals surface area contributed by atoms with Crippen LogP contribution in [0.4, 0.5) is 0 Å². The second-order valence-electron chi connectivity index (χ2n) is 7.11. The minimum Gasteiger partial charge on any atom is -0.372 e. The first-order valence-corrected chi connectivity index (χ1v) is 9.64. The molecule has 0 saturated carbocycles. The summed E-state index contributed by atoms with van der Waals surface area (Å²) in [6.45, 7) is 3.66. The van der Waals surface area contributed by atoms with Crippen molar-refractivity contribution in [3.63, 3.8) is 0 Å². The lowest BCUT2D eigenvalue weighted by Crippen LogP contribution is -2.57. The van der Waals surface area contributed by atoms with E-state index in [4.69, 9.17) is 0 Å². The van der Waals surface area contributed by atoms with Crippen molar-refractivity contribution in [2.24, 2.45) is 0 Å². The molecule has 1 heterocycles. The molecule has 0 spiro atoms. The predicted molar refractivity (Wildman–Crippen MR) is 102 cm³/mol. The number of unbranched alkanes of at least 4 members (excludes halogenated alkanes) is 2. The molecule has 26 heavy (non-hydrogen) atoms. The van der Waals surface area contributed by atoms with Gasteiger partial charge in [-0.1, -0.05) is 56.2 Å². The number of allylic oxidation sites excluding steroid dienone is 1. The molecule has 0 aromatic heterocycles. The molecule has 1 aliphatic heterocycles. The van der Waals surface area contributed by atoms with Crippen LogP contribution in [0.15, 0.2) is 53.8 Å². The molecule has 1 aromatic rings. The zero-order valence-corrected chi connectivity index (χ0v) is 15.4. The van der Waals surface area contributed by atoms with Gasteiger partial charge in [0, 0.05) is 18.7 Å². The molecule has 1 N–H and O–H groups in total. The van der Waals surface area contributed by atoms with Crippen molar-refractivity contribution in [2.75, 3.05) is 13.1 Å². The number of ketones is 2. The Morgan fingerprint density at radius 3 is 2.54 bits per heavy atom. The first-order valence-electron chi connectivity index (χ1n) is 9.64. The van der Waals surface area contributed by atoms with Gasteiger partial charge in [-0.05, 0) is 31.8 Å². The van der Waals surface area contributed by atoms with Gasteiger partial charge in [-0.25, -0.2) is 0 Å². The van der Waals surface area contributed by atoms with E-state index in [1.807, 2.05) is 17.0 Å². The van der Waals surface area contributed by atoms with E-state index < -0.39 is 11.4 Å². The zero-order valence-electron chi connectivity index (χ0n) is 15.4. The molecule has 4 heteroatoms. The fourth-order valence-corrected chi connectivity index (χ4v) is 3.73. The van der Waals surface area contributed by atoms with Crippen molar-refractivity contribution in [1.29, 1.82) is 0 Å². The summed E-state index contributed by atoms with van der Waals surface area (Å²) in [6.07, 6.45) is 9.53. The maximum absolute atomic E-state index is 12.9. The summed E-state index contributed by atoms with van der Waals surface area (Å²) >= 11 is 0. The molecule has 1 atom stereocenters. The number of carbonyl (C=O) groups excluding carboxylic acids is 2. The van der Waals surface area contributed by atoms with Crippen molar-refractivity contribution in [3.05, 3.63) is 59.3 Å². The fourth-order valence-electron chi connectivity index (χ4n) is 3.73. The maximum atomic E-state index is 12.9. The van der Waals surface area contributed by atoms with Crippen LogP contribution in [-0.2, 0) is 4.79 Å². The Labute approximate surface area is 155 Å². The second kappa shape index (κ2) is 8.00. The quantitative estimate of drug-likeness (QED) is 0.352. The summed E-state index contributed by atoms with van der Waals surface area (Å²) in [6, 6.07) is 8.84. The SMILES string of the molecule is CCCC/C=C/C1(O)C(=O)C(C(=O)c2ccccc2)=C1N1CCCCC1. The van der Waals surface area contributed by atoms with Crippen molar-refractivity contribution in [2.45, 2.75) is 51.0 Å². The van der Waals surface area contributed by atoms with E-state index in [9.17, 15) is 14.7 Å². The largest absolute Gasteiger partial charge is 0.372 e. The van der Waals surface area contributed by atoms with E-state index in [-0.39, 0.29) is 11.4 Å². The highest BCUT2D eigenvalue weighted by Gasteiger charge is 2.55. The summed E-state index contributed by atoms with van der Waals surface area (Å²) in [4.78, 5) is 27.8. The van der Waals surface area contributed by atoms with Crippen LogP contribution in [0, 0.1) is 0 Å². The van der Waals surface area contributed by atoms with Crippen molar-refractivity contribution >= 4 is 11.6 Å². The Hall–Kier alpha value is -2.20. The highest BCUT2D eigenvalue weighted by Crippen LogP contribution is 2.41. The minimum atomic E-state index is -1.65. The molecular formula is C22H27NO3. The highest BCUT2D eigenvalue weighted by molar-refractivity contribution is 6.34. The molecule has 1 unspecified atom stereocenters. The first-order chi connectivity index (χ1) is 12.6. The topological polar surface area (TPSA) is 57.6 Å². The first kappa shape index (κ1) is 18.6. The molecule has 0 radical (unpaired) electrons. The van der Waals surface area contributed by atoms with E-state index >= 15 is 0 Å². The zero-order chi connectivity index (χ0) is 18.6. The molecule has 1 aliphatic carbocycles. The normalized spacial score (nSPS) is 23.5. The van der Waals surface area contributed by atoms with Crippen LogP contribution >= 0.6 is 0 Å². The summed E-state index contributed by atoms with van der Waals surface area (Å²) in [5.41, 5.74) is -0.503. The Kier molecular flexibility index (Phi) is 5.72. The van der Waals surface area contributed by atoms with E-state index in [1.54, 1.807) is 30.3 Å². The Morgan fingerprint density at radius 2 is 1.88 bits per heavy atom. The maximum Gasteiger partial charge on any atom is 0.210 e. The molecule has 1 saturated heterocycles. The van der Waals surface area contributed by atoms with Crippen molar-refractivity contribution < 1.29 is 14.7 Å². The molecule has 3 rings (SSSR count). The predicted octanol–water partition coefficient (Wildman–Crippen LogP) is 3.67. The summed E-state index contributed by atoms with van der Waals surface area (Å²) in [5, 5.41) is 11.1. The van der Waals surface area contributed by atoms with Gasteiger partial charge >= 0.3 is 0 Å². The number of likely N-dealkylation sites (tertiary alicyclic amines) is 1. The average molecular weight is 353 g/mol. The van der Waals surface area contributed by atoms with E-state index in [2.05, 4.69) is 6.92 Å². The highest BCUT2D eigenvalue weighted by atomic mass is 16.3. The second-order valence-corrected chi connectivity index (χ2v) is 7.11. The smallest absolute Gasteiger partial charge is 0.210 e. The Bertz CT molecular complexity index is 729. The van der Waals surface area contributed by atoms with Crippen LogP contribution < -0.4 is 0 Å². The number of nitrogens with zero attached hydrogens (tertiary/aromatic N) is 1. The number of hydrogen-bond donors (Lipinski definition) is 1. The molecule has 4 nitrogen and oxygen atoms in total. The van der Waals surface area contributed by atoms with Crippen LogP contribution in [0.2, 0.25) is 0 Å². The van der Waals surface area contributed by atoms with Gasteiger partial charge in [0.1, 0.15) is 0 Å². The summed E-state index contributed by atoms with van der Waals surface area (Å²) < 4.78 is 0. The third-order valence-electron chi connectivity index (χ3n) is 5.19. The molecule has 2 aliphatic rings. The lowest BCUT2D eigenvalue weighted by molar-refractivity contribution is -0.131. The Morgan fingerprint density at radius 1 is 1.19 bits per heavy atom. The van der Waals surface area contributed by atoms with Crippen molar-refractivity contribution in [3.8, 4) is 0 Å². The van der Waals surface area contributed by atoms with Gasteiger partial charge in [-0.15, -0.1) is 0 Å². The van der Waals surface area contributed by atoms with Crippen LogP contribution in [0.1, 0.15) is 55.8 Å². The lowest BCUT2D eigenvalue weighted by Gasteiger charge is -2.45. The molecule has 1 aromatic carbocycles. The van der Waals surface area contributed by atoms with Gasteiger partial charge in [0.2, 0.25) is 5.78 Å². The molecule has 0 amide bonds. The Balaban J connectivity index is 1.96. The fraction of sp³-hybridized carbons (Fsp3) is 0.455. The minimum absolute atomic E-state index is 0.153. The van der Waals surface area contributed by atoms with Crippen LogP contribution in [0.5, 0.6) is 0 Å². The van der Waals surface area contributed by atoms with Crippen molar-refractivity contribution in [1.82, 2.24) is 4.90 Å². The van der Waals surface area contributed by atoms with Gasteiger partial charge in [-0.3, -0.25) is 9.59 Å². The molecule has 0 bridgehead atoms.